The Bertz CT molecular complexity index is 341. The van der Waals surface area contributed by atoms with Crippen LogP contribution in [-0.4, -0.2) is 12.6 Å². The number of nitrogens with one attached hydrogen (secondary N) is 1. The number of ether oxygens (including phenoxy) is 1. The van der Waals surface area contributed by atoms with Crippen LogP contribution >= 0.6 is 11.6 Å². The maximum absolute atomic E-state index is 6.16. The number of hydrogen-bond donors (Lipinski definition) is 1. The summed E-state index contributed by atoms with van der Waals surface area (Å²) in [4.78, 5) is 0. The third-order valence-electron chi connectivity index (χ3n) is 2.53. The standard InChI is InChI=1S/C14H22ClNO/c1-4-6-11(3)16-12-7-8-14(13(15)10-12)17-9-5-2/h7-8,10-11,16H,4-6,9H2,1-3H3. The summed E-state index contributed by atoms with van der Waals surface area (Å²) in [5.41, 5.74) is 1.06. The Hall–Kier alpha value is -0.890. The number of halogens is 1. The van der Waals surface area contributed by atoms with Crippen molar-refractivity contribution < 1.29 is 4.74 Å². The van der Waals surface area contributed by atoms with Crippen LogP contribution in [0.15, 0.2) is 18.2 Å². The molecular weight excluding hydrogens is 234 g/mol. The monoisotopic (exact) mass is 255 g/mol. The highest BCUT2D eigenvalue weighted by Crippen LogP contribution is 2.28. The van der Waals surface area contributed by atoms with E-state index in [1.54, 1.807) is 0 Å². The van der Waals surface area contributed by atoms with Gasteiger partial charge < -0.3 is 10.1 Å². The molecule has 0 saturated carbocycles. The highest BCUT2D eigenvalue weighted by atomic mass is 35.5. The Kier molecular flexibility index (Phi) is 6.20. The van der Waals surface area contributed by atoms with Crippen molar-refractivity contribution in [2.75, 3.05) is 11.9 Å². The smallest absolute Gasteiger partial charge is 0.138 e. The molecule has 17 heavy (non-hydrogen) atoms. The Labute approximate surface area is 109 Å². The zero-order valence-corrected chi connectivity index (χ0v) is 11.7. The van der Waals surface area contributed by atoms with E-state index >= 15 is 0 Å². The van der Waals surface area contributed by atoms with Gasteiger partial charge in [0.2, 0.25) is 0 Å². The van der Waals surface area contributed by atoms with Gasteiger partial charge in [-0.25, -0.2) is 0 Å². The van der Waals surface area contributed by atoms with Gasteiger partial charge in [0.1, 0.15) is 5.75 Å². The minimum atomic E-state index is 0.471. The van der Waals surface area contributed by atoms with Crippen LogP contribution in [-0.2, 0) is 0 Å². The van der Waals surface area contributed by atoms with Gasteiger partial charge in [-0.2, -0.15) is 0 Å². The molecule has 1 atom stereocenters. The molecule has 0 aliphatic carbocycles. The van der Waals surface area contributed by atoms with E-state index in [2.05, 4.69) is 26.1 Å². The number of rotatable bonds is 7. The molecule has 0 fully saturated rings. The van der Waals surface area contributed by atoms with Crippen molar-refractivity contribution in [2.45, 2.75) is 46.1 Å². The topological polar surface area (TPSA) is 21.3 Å². The van der Waals surface area contributed by atoms with Crippen LogP contribution in [0.1, 0.15) is 40.0 Å². The zero-order valence-electron chi connectivity index (χ0n) is 10.9. The zero-order chi connectivity index (χ0) is 12.7. The maximum atomic E-state index is 6.16. The van der Waals surface area contributed by atoms with Crippen LogP contribution in [0.2, 0.25) is 5.02 Å². The van der Waals surface area contributed by atoms with E-state index in [0.717, 1.165) is 24.3 Å². The van der Waals surface area contributed by atoms with E-state index in [9.17, 15) is 0 Å². The van der Waals surface area contributed by atoms with Gasteiger partial charge in [-0.1, -0.05) is 31.9 Å². The molecule has 1 aromatic rings. The molecule has 0 aliphatic heterocycles. The largest absolute Gasteiger partial charge is 0.492 e. The van der Waals surface area contributed by atoms with Crippen LogP contribution in [0.25, 0.3) is 0 Å². The Morgan fingerprint density at radius 3 is 2.65 bits per heavy atom. The van der Waals surface area contributed by atoms with Crippen molar-refractivity contribution in [3.63, 3.8) is 0 Å². The quantitative estimate of drug-likeness (QED) is 0.761. The van der Waals surface area contributed by atoms with Gasteiger partial charge in [0.25, 0.3) is 0 Å². The van der Waals surface area contributed by atoms with Crippen molar-refractivity contribution in [1.82, 2.24) is 0 Å². The van der Waals surface area contributed by atoms with Crippen LogP contribution in [0.4, 0.5) is 5.69 Å². The Morgan fingerprint density at radius 1 is 1.29 bits per heavy atom. The highest BCUT2D eigenvalue weighted by molar-refractivity contribution is 6.32. The lowest BCUT2D eigenvalue weighted by Crippen LogP contribution is -2.14. The van der Waals surface area contributed by atoms with Crippen molar-refractivity contribution in [3.8, 4) is 5.75 Å². The molecule has 2 nitrogen and oxygen atoms in total. The van der Waals surface area contributed by atoms with Gasteiger partial charge in [0.05, 0.1) is 11.6 Å². The van der Waals surface area contributed by atoms with Crippen molar-refractivity contribution >= 4 is 17.3 Å². The molecule has 0 bridgehead atoms. The predicted octanol–water partition coefficient (Wildman–Crippen LogP) is 4.73. The second-order valence-corrected chi connectivity index (χ2v) is 4.73. The molecule has 0 spiro atoms. The molecule has 1 unspecified atom stereocenters. The summed E-state index contributed by atoms with van der Waals surface area (Å²) in [6, 6.07) is 6.35. The predicted molar refractivity (Wildman–Crippen MR) is 75.2 cm³/mol. The Morgan fingerprint density at radius 2 is 2.06 bits per heavy atom. The fraction of sp³-hybridized carbons (Fsp3) is 0.571. The average Bonchev–Trinajstić information content (AvgIpc) is 2.28. The van der Waals surface area contributed by atoms with Gasteiger partial charge >= 0.3 is 0 Å². The highest BCUT2D eigenvalue weighted by Gasteiger charge is 2.05. The Balaban J connectivity index is 2.61. The van der Waals surface area contributed by atoms with Crippen LogP contribution < -0.4 is 10.1 Å². The van der Waals surface area contributed by atoms with Gasteiger partial charge in [0.15, 0.2) is 0 Å². The minimum Gasteiger partial charge on any atom is -0.492 e. The third kappa shape index (κ3) is 4.86. The first-order chi connectivity index (χ1) is 8.17. The second-order valence-electron chi connectivity index (χ2n) is 4.33. The summed E-state index contributed by atoms with van der Waals surface area (Å²) in [5, 5.41) is 4.10. The van der Waals surface area contributed by atoms with Crippen LogP contribution in [0.5, 0.6) is 5.75 Å². The lowest BCUT2D eigenvalue weighted by atomic mass is 10.2. The number of hydrogen-bond acceptors (Lipinski definition) is 2. The molecule has 0 heterocycles. The van der Waals surface area contributed by atoms with Gasteiger partial charge in [-0.05, 0) is 38.0 Å². The molecule has 0 saturated heterocycles. The number of anilines is 1. The molecule has 96 valence electrons. The normalized spacial score (nSPS) is 12.2. The summed E-state index contributed by atoms with van der Waals surface area (Å²) in [6.07, 6.45) is 3.33. The maximum Gasteiger partial charge on any atom is 0.138 e. The first kappa shape index (κ1) is 14.2. The molecule has 0 aliphatic rings. The fourth-order valence-corrected chi connectivity index (χ4v) is 1.94. The SMILES string of the molecule is CCCOc1ccc(NC(C)CCC)cc1Cl. The molecule has 1 aromatic carbocycles. The van der Waals surface area contributed by atoms with Crippen LogP contribution in [0.3, 0.4) is 0 Å². The summed E-state index contributed by atoms with van der Waals surface area (Å²) in [6.45, 7) is 7.15. The van der Waals surface area contributed by atoms with Crippen LogP contribution in [0, 0.1) is 0 Å². The summed E-state index contributed by atoms with van der Waals surface area (Å²) >= 11 is 6.16. The van der Waals surface area contributed by atoms with Gasteiger partial charge in [-0.15, -0.1) is 0 Å². The van der Waals surface area contributed by atoms with Crippen molar-refractivity contribution in [2.24, 2.45) is 0 Å². The van der Waals surface area contributed by atoms with E-state index in [-0.39, 0.29) is 0 Å². The molecule has 0 amide bonds. The van der Waals surface area contributed by atoms with E-state index in [1.807, 2.05) is 18.2 Å². The first-order valence-corrected chi connectivity index (χ1v) is 6.74. The molecule has 1 N–H and O–H groups in total. The summed E-state index contributed by atoms with van der Waals surface area (Å²) < 4.78 is 5.53. The summed E-state index contributed by atoms with van der Waals surface area (Å²) in [7, 11) is 0. The third-order valence-corrected chi connectivity index (χ3v) is 2.82. The van der Waals surface area contributed by atoms with Gasteiger partial charge in [0, 0.05) is 11.7 Å². The minimum absolute atomic E-state index is 0.471. The molecular formula is C14H22ClNO. The van der Waals surface area contributed by atoms with Crippen molar-refractivity contribution in [3.05, 3.63) is 23.2 Å². The molecule has 1 rings (SSSR count). The average molecular weight is 256 g/mol. The van der Waals surface area contributed by atoms with Gasteiger partial charge in [-0.3, -0.25) is 0 Å². The van der Waals surface area contributed by atoms with E-state index in [0.29, 0.717) is 17.7 Å². The van der Waals surface area contributed by atoms with E-state index in [1.165, 1.54) is 6.42 Å². The number of benzene rings is 1. The fourth-order valence-electron chi connectivity index (χ4n) is 1.71. The van der Waals surface area contributed by atoms with E-state index < -0.39 is 0 Å². The summed E-state index contributed by atoms with van der Waals surface area (Å²) in [5.74, 6) is 0.766. The molecule has 0 radical (unpaired) electrons. The van der Waals surface area contributed by atoms with Crippen molar-refractivity contribution in [1.29, 1.82) is 0 Å². The lowest BCUT2D eigenvalue weighted by molar-refractivity contribution is 0.317. The van der Waals surface area contributed by atoms with E-state index in [4.69, 9.17) is 16.3 Å². The lowest BCUT2D eigenvalue weighted by Gasteiger charge is -2.15. The second kappa shape index (κ2) is 7.44. The first-order valence-electron chi connectivity index (χ1n) is 6.36. The molecule has 0 aromatic heterocycles. The molecule has 3 heteroatoms.